The van der Waals surface area contributed by atoms with Crippen LogP contribution in [0.2, 0.25) is 0 Å². The third-order valence-electron chi connectivity index (χ3n) is 5.65. The van der Waals surface area contributed by atoms with Crippen molar-refractivity contribution >= 4 is 17.4 Å². The van der Waals surface area contributed by atoms with E-state index in [1.54, 1.807) is 26.2 Å². The maximum atomic E-state index is 14.1. The summed E-state index contributed by atoms with van der Waals surface area (Å²) in [6.07, 6.45) is 1.87. The number of ether oxygens (including phenoxy) is 1. The fraction of sp³-hybridized carbons (Fsp3) is 0.250. The number of halogens is 2. The van der Waals surface area contributed by atoms with Crippen LogP contribution in [0, 0.1) is 11.6 Å². The summed E-state index contributed by atoms with van der Waals surface area (Å²) in [6.45, 7) is 1.76. The molecule has 4 rings (SSSR count). The lowest BCUT2D eigenvalue weighted by atomic mass is 9.75. The zero-order valence-electron chi connectivity index (χ0n) is 17.2. The topological polar surface area (TPSA) is 67.4 Å². The molecule has 1 amide bonds. The summed E-state index contributed by atoms with van der Waals surface area (Å²) in [6, 6.07) is 10.1. The predicted octanol–water partition coefficient (Wildman–Crippen LogP) is 4.58. The van der Waals surface area contributed by atoms with Gasteiger partial charge in [0.05, 0.1) is 12.8 Å². The van der Waals surface area contributed by atoms with Crippen LogP contribution in [0.3, 0.4) is 0 Å². The molecule has 1 atom stereocenters. The molecule has 0 spiro atoms. The van der Waals surface area contributed by atoms with Crippen molar-refractivity contribution in [1.82, 2.24) is 5.32 Å². The van der Waals surface area contributed by atoms with Gasteiger partial charge in [0.25, 0.3) is 5.91 Å². The summed E-state index contributed by atoms with van der Waals surface area (Å²) in [4.78, 5) is 26.2. The minimum absolute atomic E-state index is 0.0136. The molecule has 5 nitrogen and oxygen atoms in total. The van der Waals surface area contributed by atoms with Crippen molar-refractivity contribution in [3.8, 4) is 5.75 Å². The maximum absolute atomic E-state index is 14.1. The number of hydrogen-bond acceptors (Lipinski definition) is 4. The summed E-state index contributed by atoms with van der Waals surface area (Å²) in [5.41, 5.74) is 2.92. The summed E-state index contributed by atoms with van der Waals surface area (Å²) in [5, 5.41) is 5.74. The van der Waals surface area contributed by atoms with Gasteiger partial charge < -0.3 is 15.4 Å². The minimum atomic E-state index is -0.870. The van der Waals surface area contributed by atoms with Gasteiger partial charge in [0.1, 0.15) is 17.4 Å². The van der Waals surface area contributed by atoms with E-state index in [9.17, 15) is 18.4 Å². The van der Waals surface area contributed by atoms with E-state index >= 15 is 0 Å². The second kappa shape index (κ2) is 8.34. The fourth-order valence-electron chi connectivity index (χ4n) is 4.19. The van der Waals surface area contributed by atoms with Crippen LogP contribution in [0.25, 0.3) is 0 Å². The lowest BCUT2D eigenvalue weighted by Gasteiger charge is -2.34. The number of hydrogen-bond donors (Lipinski definition) is 2. The molecule has 2 aromatic carbocycles. The van der Waals surface area contributed by atoms with Crippen molar-refractivity contribution in [2.75, 3.05) is 12.4 Å². The fourth-order valence-corrected chi connectivity index (χ4v) is 4.19. The van der Waals surface area contributed by atoms with E-state index in [2.05, 4.69) is 10.6 Å². The van der Waals surface area contributed by atoms with Crippen LogP contribution >= 0.6 is 0 Å². The average Bonchev–Trinajstić information content (AvgIpc) is 2.75. The number of rotatable bonds is 4. The molecule has 31 heavy (non-hydrogen) atoms. The van der Waals surface area contributed by atoms with Crippen molar-refractivity contribution in [2.45, 2.75) is 32.1 Å². The number of anilines is 1. The van der Waals surface area contributed by atoms with E-state index in [0.29, 0.717) is 41.5 Å². The molecule has 0 fully saturated rings. The summed E-state index contributed by atoms with van der Waals surface area (Å²) in [5.74, 6) is -2.11. The smallest absolute Gasteiger partial charge is 0.254 e. The number of methoxy groups -OCH3 is 1. The zero-order valence-corrected chi connectivity index (χ0v) is 17.2. The van der Waals surface area contributed by atoms with Gasteiger partial charge >= 0.3 is 0 Å². The molecule has 2 N–H and O–H groups in total. The number of allylic oxidation sites excluding steroid dienone is 3. The largest absolute Gasteiger partial charge is 0.497 e. The Morgan fingerprint density at radius 1 is 1.13 bits per heavy atom. The van der Waals surface area contributed by atoms with Crippen molar-refractivity contribution < 1.29 is 23.1 Å². The number of amides is 1. The predicted molar refractivity (Wildman–Crippen MR) is 112 cm³/mol. The highest BCUT2D eigenvalue weighted by Gasteiger charge is 2.38. The highest BCUT2D eigenvalue weighted by Crippen LogP contribution is 2.42. The summed E-state index contributed by atoms with van der Waals surface area (Å²) >= 11 is 0. The number of carbonyl (C=O) groups is 2. The van der Waals surface area contributed by atoms with Crippen molar-refractivity contribution in [3.63, 3.8) is 0 Å². The Balaban J connectivity index is 1.77. The van der Waals surface area contributed by atoms with Crippen LogP contribution in [-0.2, 0) is 9.59 Å². The monoisotopic (exact) mass is 424 g/mol. The van der Waals surface area contributed by atoms with E-state index in [-0.39, 0.29) is 11.5 Å². The number of ketones is 1. The first kappa shape index (κ1) is 20.8. The normalized spacial score (nSPS) is 18.5. The Bertz CT molecular complexity index is 1120. The van der Waals surface area contributed by atoms with Gasteiger partial charge in [0.15, 0.2) is 5.78 Å². The molecular formula is C24H22F2N2O3. The van der Waals surface area contributed by atoms with Gasteiger partial charge in [-0.15, -0.1) is 0 Å². The molecule has 2 aliphatic rings. The van der Waals surface area contributed by atoms with Gasteiger partial charge in [-0.1, -0.05) is 12.1 Å². The van der Waals surface area contributed by atoms with Gasteiger partial charge in [-0.3, -0.25) is 9.59 Å². The van der Waals surface area contributed by atoms with Crippen LogP contribution in [0.4, 0.5) is 14.5 Å². The molecule has 0 bridgehead atoms. The molecular weight excluding hydrogens is 402 g/mol. The molecule has 160 valence electrons. The van der Waals surface area contributed by atoms with E-state index in [1.807, 2.05) is 12.1 Å². The van der Waals surface area contributed by atoms with Crippen LogP contribution in [0.1, 0.15) is 37.7 Å². The Kier molecular flexibility index (Phi) is 5.59. The zero-order chi connectivity index (χ0) is 22.1. The molecule has 1 heterocycles. The Hall–Kier alpha value is -3.48. The highest BCUT2D eigenvalue weighted by molar-refractivity contribution is 6.09. The summed E-state index contributed by atoms with van der Waals surface area (Å²) < 4.78 is 32.6. The van der Waals surface area contributed by atoms with Crippen molar-refractivity contribution in [3.05, 3.63) is 82.2 Å². The third-order valence-corrected chi connectivity index (χ3v) is 5.65. The van der Waals surface area contributed by atoms with Crippen LogP contribution in [0.15, 0.2) is 65.0 Å². The minimum Gasteiger partial charge on any atom is -0.497 e. The lowest BCUT2D eigenvalue weighted by molar-refractivity contribution is -0.116. The number of benzene rings is 2. The standard InChI is InChI=1S/C24H22F2N2O3/c1-13-21(24(30)28-18-11-8-15(25)12-17(18)26)22(14-6-9-16(31-2)10-7-14)23-19(27-13)4-3-5-20(23)29/h6-12,22,27H,3-5H2,1-2H3,(H,28,30). The molecule has 0 saturated heterocycles. The van der Waals surface area contributed by atoms with Crippen LogP contribution in [-0.4, -0.2) is 18.8 Å². The number of dihydropyridines is 1. The first-order valence-electron chi connectivity index (χ1n) is 10.0. The molecule has 0 saturated carbocycles. The van der Waals surface area contributed by atoms with Crippen molar-refractivity contribution in [2.24, 2.45) is 0 Å². The average molecular weight is 424 g/mol. The highest BCUT2D eigenvalue weighted by atomic mass is 19.1. The van der Waals surface area contributed by atoms with E-state index < -0.39 is 23.5 Å². The molecule has 0 radical (unpaired) electrons. The molecule has 7 heteroatoms. The molecule has 1 unspecified atom stereocenters. The second-order valence-electron chi connectivity index (χ2n) is 7.62. The van der Waals surface area contributed by atoms with Crippen LogP contribution < -0.4 is 15.4 Å². The molecule has 2 aromatic rings. The van der Waals surface area contributed by atoms with E-state index in [1.165, 1.54) is 6.07 Å². The Labute approximate surface area is 178 Å². The SMILES string of the molecule is COc1ccc(C2C(C(=O)Nc3ccc(F)cc3F)=C(C)NC3=C2C(=O)CCC3)cc1. The molecule has 0 aromatic heterocycles. The third kappa shape index (κ3) is 3.95. The number of nitrogens with one attached hydrogen (secondary N) is 2. The maximum Gasteiger partial charge on any atom is 0.254 e. The van der Waals surface area contributed by atoms with Crippen LogP contribution in [0.5, 0.6) is 5.75 Å². The Morgan fingerprint density at radius 2 is 1.87 bits per heavy atom. The number of carbonyl (C=O) groups excluding carboxylic acids is 2. The lowest BCUT2D eigenvalue weighted by Crippen LogP contribution is -2.35. The van der Waals surface area contributed by atoms with Gasteiger partial charge in [-0.05, 0) is 49.6 Å². The number of Topliss-reactive ketones (excluding diaryl/α,β-unsaturated/α-hetero) is 1. The van der Waals surface area contributed by atoms with E-state index in [0.717, 1.165) is 23.7 Å². The Morgan fingerprint density at radius 3 is 2.55 bits per heavy atom. The molecule has 1 aliphatic heterocycles. The van der Waals surface area contributed by atoms with Gasteiger partial charge in [-0.25, -0.2) is 8.78 Å². The van der Waals surface area contributed by atoms with Gasteiger partial charge in [0, 0.05) is 40.9 Å². The van der Waals surface area contributed by atoms with E-state index in [4.69, 9.17) is 4.74 Å². The van der Waals surface area contributed by atoms with Gasteiger partial charge in [-0.2, -0.15) is 0 Å². The second-order valence-corrected chi connectivity index (χ2v) is 7.62. The first-order valence-corrected chi connectivity index (χ1v) is 10.0. The van der Waals surface area contributed by atoms with Crippen molar-refractivity contribution in [1.29, 1.82) is 0 Å². The first-order chi connectivity index (χ1) is 14.9. The quantitative estimate of drug-likeness (QED) is 0.754. The summed E-state index contributed by atoms with van der Waals surface area (Å²) in [7, 11) is 1.56. The van der Waals surface area contributed by atoms with Gasteiger partial charge in [0.2, 0.25) is 0 Å². The molecule has 1 aliphatic carbocycles.